The largest absolute Gasteiger partial charge is 0.395 e. The summed E-state index contributed by atoms with van der Waals surface area (Å²) >= 11 is 0. The highest BCUT2D eigenvalue weighted by molar-refractivity contribution is 5.83. The van der Waals surface area contributed by atoms with E-state index in [-0.39, 0.29) is 12.5 Å². The molecule has 1 aromatic rings. The Labute approximate surface area is 115 Å². The van der Waals surface area contributed by atoms with Crippen molar-refractivity contribution < 1.29 is 9.90 Å². The molecule has 0 heterocycles. The van der Waals surface area contributed by atoms with Crippen LogP contribution in [0.1, 0.15) is 31.2 Å². The van der Waals surface area contributed by atoms with Gasteiger partial charge in [0.15, 0.2) is 0 Å². The van der Waals surface area contributed by atoms with Gasteiger partial charge in [0.05, 0.1) is 13.2 Å². The second-order valence-electron chi connectivity index (χ2n) is 5.37. The molecule has 0 amide bonds. The topological polar surface area (TPSA) is 40.5 Å². The van der Waals surface area contributed by atoms with Crippen LogP contribution in [-0.2, 0) is 11.3 Å². The molecule has 0 spiro atoms. The molecular weight excluding hydrogens is 238 g/mol. The molecule has 0 aliphatic heterocycles. The zero-order valence-corrected chi connectivity index (χ0v) is 11.4. The number of carbonyl (C=O) groups is 1. The van der Waals surface area contributed by atoms with E-state index in [0.29, 0.717) is 18.9 Å². The van der Waals surface area contributed by atoms with E-state index >= 15 is 0 Å². The lowest BCUT2D eigenvalue weighted by atomic mass is 10.0. The first-order chi connectivity index (χ1) is 9.29. The standard InChI is InChI=1S/C16H23NO2/c18-11-10-17(12-14-6-2-1-3-7-14)13-16(19)15-8-4-5-9-15/h1-3,6-7,15,18H,4-5,8-13H2. The molecule has 1 fully saturated rings. The molecule has 104 valence electrons. The van der Waals surface area contributed by atoms with E-state index < -0.39 is 0 Å². The third kappa shape index (κ3) is 4.44. The van der Waals surface area contributed by atoms with Crippen LogP contribution in [0.4, 0.5) is 0 Å². The van der Waals surface area contributed by atoms with Gasteiger partial charge in [0.1, 0.15) is 5.78 Å². The number of hydrogen-bond donors (Lipinski definition) is 1. The number of aliphatic hydroxyl groups excluding tert-OH is 1. The van der Waals surface area contributed by atoms with Gasteiger partial charge in [0.2, 0.25) is 0 Å². The Morgan fingerprint density at radius 3 is 2.53 bits per heavy atom. The smallest absolute Gasteiger partial charge is 0.149 e. The fraction of sp³-hybridized carbons (Fsp3) is 0.562. The maximum atomic E-state index is 12.2. The minimum Gasteiger partial charge on any atom is -0.395 e. The van der Waals surface area contributed by atoms with Crippen molar-refractivity contribution in [3.63, 3.8) is 0 Å². The first-order valence-electron chi connectivity index (χ1n) is 7.19. The van der Waals surface area contributed by atoms with Crippen molar-refractivity contribution in [2.75, 3.05) is 19.7 Å². The molecule has 0 radical (unpaired) electrons. The molecule has 1 aliphatic carbocycles. The van der Waals surface area contributed by atoms with Gasteiger partial charge in [-0.05, 0) is 18.4 Å². The molecule has 0 atom stereocenters. The number of carbonyl (C=O) groups excluding carboxylic acids is 1. The number of rotatable bonds is 7. The van der Waals surface area contributed by atoms with Gasteiger partial charge in [-0.25, -0.2) is 0 Å². The lowest BCUT2D eigenvalue weighted by Gasteiger charge is -2.22. The first-order valence-corrected chi connectivity index (χ1v) is 7.19. The van der Waals surface area contributed by atoms with Crippen molar-refractivity contribution >= 4 is 5.78 Å². The average molecular weight is 261 g/mol. The highest BCUT2D eigenvalue weighted by Gasteiger charge is 2.24. The third-order valence-corrected chi connectivity index (χ3v) is 3.86. The van der Waals surface area contributed by atoms with Crippen LogP contribution >= 0.6 is 0 Å². The minimum absolute atomic E-state index is 0.102. The molecule has 1 aliphatic rings. The summed E-state index contributed by atoms with van der Waals surface area (Å²) in [5, 5.41) is 9.14. The van der Waals surface area contributed by atoms with E-state index in [2.05, 4.69) is 17.0 Å². The second kappa shape index (κ2) is 7.41. The molecule has 3 nitrogen and oxygen atoms in total. The van der Waals surface area contributed by atoms with Crippen molar-refractivity contribution in [1.82, 2.24) is 4.90 Å². The zero-order chi connectivity index (χ0) is 13.5. The summed E-state index contributed by atoms with van der Waals surface area (Å²) in [6.07, 6.45) is 4.48. The molecule has 2 rings (SSSR count). The summed E-state index contributed by atoms with van der Waals surface area (Å²) in [7, 11) is 0. The Balaban J connectivity index is 1.90. The van der Waals surface area contributed by atoms with E-state index in [1.807, 2.05) is 18.2 Å². The van der Waals surface area contributed by atoms with Crippen molar-refractivity contribution in [1.29, 1.82) is 0 Å². The van der Waals surface area contributed by atoms with Gasteiger partial charge >= 0.3 is 0 Å². The number of benzene rings is 1. The fourth-order valence-electron chi connectivity index (χ4n) is 2.79. The van der Waals surface area contributed by atoms with Crippen molar-refractivity contribution in [3.8, 4) is 0 Å². The van der Waals surface area contributed by atoms with Crippen LogP contribution in [0.25, 0.3) is 0 Å². The molecule has 0 unspecified atom stereocenters. The van der Waals surface area contributed by atoms with E-state index in [1.165, 1.54) is 18.4 Å². The third-order valence-electron chi connectivity index (χ3n) is 3.86. The minimum atomic E-state index is 0.102. The average Bonchev–Trinajstić information content (AvgIpc) is 2.94. The van der Waals surface area contributed by atoms with Crippen LogP contribution in [-0.4, -0.2) is 35.5 Å². The van der Waals surface area contributed by atoms with Gasteiger partial charge < -0.3 is 5.11 Å². The van der Waals surface area contributed by atoms with Crippen LogP contribution < -0.4 is 0 Å². The van der Waals surface area contributed by atoms with Gasteiger partial charge in [-0.3, -0.25) is 9.69 Å². The fourth-order valence-corrected chi connectivity index (χ4v) is 2.79. The van der Waals surface area contributed by atoms with Crippen LogP contribution in [0.5, 0.6) is 0 Å². The van der Waals surface area contributed by atoms with Gasteiger partial charge in [-0.15, -0.1) is 0 Å². The molecule has 1 aromatic carbocycles. The molecule has 3 heteroatoms. The summed E-state index contributed by atoms with van der Waals surface area (Å²) in [5.41, 5.74) is 1.19. The normalized spacial score (nSPS) is 16.1. The monoisotopic (exact) mass is 261 g/mol. The maximum absolute atomic E-state index is 12.2. The summed E-state index contributed by atoms with van der Waals surface area (Å²) in [6, 6.07) is 10.1. The molecule has 0 bridgehead atoms. The van der Waals surface area contributed by atoms with E-state index in [4.69, 9.17) is 5.11 Å². The SMILES string of the molecule is O=C(CN(CCO)Cc1ccccc1)C1CCCC1. The number of hydrogen-bond acceptors (Lipinski definition) is 3. The van der Waals surface area contributed by atoms with Crippen LogP contribution in [0.3, 0.4) is 0 Å². The Morgan fingerprint density at radius 1 is 1.21 bits per heavy atom. The van der Waals surface area contributed by atoms with Gasteiger partial charge in [0.25, 0.3) is 0 Å². The van der Waals surface area contributed by atoms with E-state index in [0.717, 1.165) is 19.4 Å². The molecule has 1 N–H and O–H groups in total. The predicted octanol–water partition coefficient (Wildman–Crippen LogP) is 2.24. The number of aliphatic hydroxyl groups is 1. The number of Topliss-reactive ketones (excluding diaryl/α,β-unsaturated/α-hetero) is 1. The maximum Gasteiger partial charge on any atom is 0.149 e. The zero-order valence-electron chi connectivity index (χ0n) is 11.4. The summed E-state index contributed by atoms with van der Waals surface area (Å²) < 4.78 is 0. The van der Waals surface area contributed by atoms with Gasteiger partial charge in [-0.2, -0.15) is 0 Å². The van der Waals surface area contributed by atoms with E-state index in [9.17, 15) is 4.79 Å². The molecular formula is C16H23NO2. The quantitative estimate of drug-likeness (QED) is 0.818. The van der Waals surface area contributed by atoms with Gasteiger partial charge in [0, 0.05) is 19.0 Å². The van der Waals surface area contributed by atoms with Crippen LogP contribution in [0.2, 0.25) is 0 Å². The Morgan fingerprint density at radius 2 is 1.89 bits per heavy atom. The molecule has 19 heavy (non-hydrogen) atoms. The highest BCUT2D eigenvalue weighted by atomic mass is 16.3. The molecule has 1 saturated carbocycles. The summed E-state index contributed by atoms with van der Waals surface area (Å²) in [6.45, 7) is 1.87. The number of ketones is 1. The van der Waals surface area contributed by atoms with Crippen LogP contribution in [0.15, 0.2) is 30.3 Å². The lowest BCUT2D eigenvalue weighted by Crippen LogP contribution is -2.34. The Bertz CT molecular complexity index is 385. The van der Waals surface area contributed by atoms with Crippen molar-refractivity contribution in [2.24, 2.45) is 5.92 Å². The summed E-state index contributed by atoms with van der Waals surface area (Å²) in [4.78, 5) is 14.2. The first kappa shape index (κ1) is 14.2. The van der Waals surface area contributed by atoms with Crippen LogP contribution in [0, 0.1) is 5.92 Å². The number of nitrogens with zero attached hydrogens (tertiary/aromatic N) is 1. The Hall–Kier alpha value is -1.19. The molecule has 0 aromatic heterocycles. The van der Waals surface area contributed by atoms with E-state index in [1.54, 1.807) is 0 Å². The van der Waals surface area contributed by atoms with Gasteiger partial charge in [-0.1, -0.05) is 43.2 Å². The van der Waals surface area contributed by atoms with Crippen molar-refractivity contribution in [3.05, 3.63) is 35.9 Å². The Kier molecular flexibility index (Phi) is 5.55. The highest BCUT2D eigenvalue weighted by Crippen LogP contribution is 2.25. The van der Waals surface area contributed by atoms with Crippen molar-refractivity contribution in [2.45, 2.75) is 32.2 Å². The second-order valence-corrected chi connectivity index (χ2v) is 5.37. The lowest BCUT2D eigenvalue weighted by molar-refractivity contribution is -0.124. The predicted molar refractivity (Wildman–Crippen MR) is 75.8 cm³/mol. The molecule has 0 saturated heterocycles. The summed E-state index contributed by atoms with van der Waals surface area (Å²) in [5.74, 6) is 0.610.